The van der Waals surface area contributed by atoms with Crippen LogP contribution in [0, 0.1) is 0 Å². The summed E-state index contributed by atoms with van der Waals surface area (Å²) in [7, 11) is 0. The quantitative estimate of drug-likeness (QED) is 0.881. The van der Waals surface area contributed by atoms with Crippen molar-refractivity contribution < 1.29 is 9.26 Å². The molecule has 0 saturated heterocycles. The van der Waals surface area contributed by atoms with Gasteiger partial charge in [-0.05, 0) is 44.7 Å². The highest BCUT2D eigenvalue weighted by Crippen LogP contribution is 2.22. The Morgan fingerprint density at radius 3 is 2.61 bits per heavy atom. The average molecular weight is 246 g/mol. The molecule has 0 amide bonds. The van der Waals surface area contributed by atoms with Crippen LogP contribution in [0.2, 0.25) is 0 Å². The molecule has 0 aliphatic carbocycles. The molecule has 0 saturated carbocycles. The summed E-state index contributed by atoms with van der Waals surface area (Å²) in [6, 6.07) is 9.74. The Labute approximate surface area is 107 Å². The van der Waals surface area contributed by atoms with Crippen molar-refractivity contribution in [2.24, 2.45) is 5.73 Å². The van der Waals surface area contributed by atoms with Crippen molar-refractivity contribution in [2.45, 2.75) is 26.4 Å². The molecule has 0 bridgehead atoms. The first-order valence-electron chi connectivity index (χ1n) is 6.12. The van der Waals surface area contributed by atoms with Crippen LogP contribution in [0.4, 0.5) is 0 Å². The maximum absolute atomic E-state index is 5.59. The van der Waals surface area contributed by atoms with Gasteiger partial charge in [-0.1, -0.05) is 5.16 Å². The van der Waals surface area contributed by atoms with E-state index in [0.29, 0.717) is 13.0 Å². The van der Waals surface area contributed by atoms with Crippen molar-refractivity contribution in [3.63, 3.8) is 0 Å². The van der Waals surface area contributed by atoms with Gasteiger partial charge >= 0.3 is 0 Å². The molecule has 2 rings (SSSR count). The lowest BCUT2D eigenvalue weighted by atomic mass is 10.1. The predicted octanol–water partition coefficient (Wildman–Crippen LogP) is 2.63. The fraction of sp³-hybridized carbons (Fsp3) is 0.357. The molecule has 0 radical (unpaired) electrons. The SMILES string of the molecule is CC(C)Oc1ccc(-c2cc(CCN)on2)cc1. The number of hydrogen-bond donors (Lipinski definition) is 1. The summed E-state index contributed by atoms with van der Waals surface area (Å²) in [5, 5.41) is 4.02. The third-order valence-electron chi connectivity index (χ3n) is 2.47. The van der Waals surface area contributed by atoms with E-state index in [0.717, 1.165) is 22.8 Å². The largest absolute Gasteiger partial charge is 0.491 e. The van der Waals surface area contributed by atoms with Crippen molar-refractivity contribution in [3.05, 3.63) is 36.1 Å². The third-order valence-corrected chi connectivity index (χ3v) is 2.47. The molecule has 1 aromatic carbocycles. The summed E-state index contributed by atoms with van der Waals surface area (Å²) < 4.78 is 10.8. The van der Waals surface area contributed by atoms with Gasteiger partial charge in [-0.15, -0.1) is 0 Å². The molecule has 2 N–H and O–H groups in total. The lowest BCUT2D eigenvalue weighted by Crippen LogP contribution is -2.05. The van der Waals surface area contributed by atoms with Crippen LogP contribution in [0.1, 0.15) is 19.6 Å². The molecule has 1 aromatic heterocycles. The van der Waals surface area contributed by atoms with Gasteiger partial charge in [0, 0.05) is 18.1 Å². The first-order valence-corrected chi connectivity index (χ1v) is 6.12. The molecule has 2 aromatic rings. The highest BCUT2D eigenvalue weighted by molar-refractivity contribution is 5.59. The molecule has 1 heterocycles. The zero-order valence-electron chi connectivity index (χ0n) is 10.7. The minimum atomic E-state index is 0.180. The summed E-state index contributed by atoms with van der Waals surface area (Å²) >= 11 is 0. The van der Waals surface area contributed by atoms with Crippen LogP contribution in [0.25, 0.3) is 11.3 Å². The molecule has 4 heteroatoms. The summed E-state index contributed by atoms with van der Waals surface area (Å²) in [6.07, 6.45) is 0.890. The van der Waals surface area contributed by atoms with E-state index in [9.17, 15) is 0 Å². The van der Waals surface area contributed by atoms with Gasteiger partial charge in [0.05, 0.1) is 6.10 Å². The Morgan fingerprint density at radius 1 is 1.28 bits per heavy atom. The minimum absolute atomic E-state index is 0.180. The van der Waals surface area contributed by atoms with Crippen LogP contribution in [0.15, 0.2) is 34.9 Å². The van der Waals surface area contributed by atoms with Crippen LogP contribution in [0.3, 0.4) is 0 Å². The normalized spacial score (nSPS) is 10.9. The van der Waals surface area contributed by atoms with E-state index in [1.54, 1.807) is 0 Å². The van der Waals surface area contributed by atoms with Crippen molar-refractivity contribution in [1.82, 2.24) is 5.16 Å². The van der Waals surface area contributed by atoms with Crippen LogP contribution in [-0.2, 0) is 6.42 Å². The van der Waals surface area contributed by atoms with Crippen molar-refractivity contribution in [2.75, 3.05) is 6.54 Å². The van der Waals surface area contributed by atoms with E-state index >= 15 is 0 Å². The monoisotopic (exact) mass is 246 g/mol. The molecule has 18 heavy (non-hydrogen) atoms. The van der Waals surface area contributed by atoms with Crippen molar-refractivity contribution in [3.8, 4) is 17.0 Å². The summed E-state index contributed by atoms with van der Waals surface area (Å²) in [4.78, 5) is 0. The van der Waals surface area contributed by atoms with Crippen LogP contribution < -0.4 is 10.5 Å². The van der Waals surface area contributed by atoms with E-state index < -0.39 is 0 Å². The topological polar surface area (TPSA) is 61.3 Å². The number of nitrogens with zero attached hydrogens (tertiary/aromatic N) is 1. The molecule has 4 nitrogen and oxygen atoms in total. The molecular weight excluding hydrogens is 228 g/mol. The molecule has 0 atom stereocenters. The van der Waals surface area contributed by atoms with Gasteiger partial charge in [0.1, 0.15) is 17.2 Å². The van der Waals surface area contributed by atoms with Gasteiger partial charge in [0.2, 0.25) is 0 Å². The number of hydrogen-bond acceptors (Lipinski definition) is 4. The van der Waals surface area contributed by atoms with Crippen LogP contribution in [0.5, 0.6) is 5.75 Å². The summed E-state index contributed by atoms with van der Waals surface area (Å²) in [5.41, 5.74) is 7.31. The highest BCUT2D eigenvalue weighted by atomic mass is 16.5. The first-order chi connectivity index (χ1) is 8.69. The van der Waals surface area contributed by atoms with Crippen LogP contribution in [-0.4, -0.2) is 17.8 Å². The van der Waals surface area contributed by atoms with E-state index in [1.165, 1.54) is 0 Å². The lowest BCUT2D eigenvalue weighted by Gasteiger charge is -2.09. The van der Waals surface area contributed by atoms with Gasteiger partial charge in [0.15, 0.2) is 0 Å². The van der Waals surface area contributed by atoms with E-state index in [1.807, 2.05) is 44.2 Å². The number of rotatable bonds is 5. The minimum Gasteiger partial charge on any atom is -0.491 e. The second kappa shape index (κ2) is 5.69. The number of nitrogens with two attached hydrogens (primary N) is 1. The number of benzene rings is 1. The fourth-order valence-electron chi connectivity index (χ4n) is 1.69. The highest BCUT2D eigenvalue weighted by Gasteiger charge is 2.06. The number of ether oxygens (including phenoxy) is 1. The zero-order valence-corrected chi connectivity index (χ0v) is 10.7. The second-order valence-corrected chi connectivity index (χ2v) is 4.41. The standard InChI is InChI=1S/C14H18N2O2/c1-10(2)17-12-5-3-11(4-6-12)14-9-13(7-8-15)18-16-14/h3-6,9-10H,7-8,15H2,1-2H3. The molecule has 0 unspecified atom stereocenters. The maximum atomic E-state index is 5.59. The Kier molecular flexibility index (Phi) is 3.99. The van der Waals surface area contributed by atoms with Gasteiger partial charge in [-0.25, -0.2) is 0 Å². The molecular formula is C14H18N2O2. The molecule has 0 spiro atoms. The molecule has 0 aliphatic heterocycles. The average Bonchev–Trinajstić information content (AvgIpc) is 2.78. The Hall–Kier alpha value is -1.81. The molecule has 96 valence electrons. The second-order valence-electron chi connectivity index (χ2n) is 4.41. The van der Waals surface area contributed by atoms with Crippen LogP contribution >= 0.6 is 0 Å². The predicted molar refractivity (Wildman–Crippen MR) is 70.5 cm³/mol. The lowest BCUT2D eigenvalue weighted by molar-refractivity contribution is 0.242. The molecule has 0 fully saturated rings. The first kappa shape index (κ1) is 12.6. The van der Waals surface area contributed by atoms with Crippen molar-refractivity contribution in [1.29, 1.82) is 0 Å². The van der Waals surface area contributed by atoms with Gasteiger partial charge in [0.25, 0.3) is 0 Å². The summed E-state index contributed by atoms with van der Waals surface area (Å²) in [6.45, 7) is 4.57. The fourth-order valence-corrected chi connectivity index (χ4v) is 1.69. The number of aromatic nitrogens is 1. The van der Waals surface area contributed by atoms with Gasteiger partial charge < -0.3 is 15.0 Å². The van der Waals surface area contributed by atoms with E-state index in [2.05, 4.69) is 5.16 Å². The van der Waals surface area contributed by atoms with Gasteiger partial charge in [-0.2, -0.15) is 0 Å². The summed E-state index contributed by atoms with van der Waals surface area (Å²) in [5.74, 6) is 1.68. The molecule has 0 aliphatic rings. The Bertz CT molecular complexity index is 489. The smallest absolute Gasteiger partial charge is 0.138 e. The Balaban J connectivity index is 2.12. The van der Waals surface area contributed by atoms with E-state index in [-0.39, 0.29) is 6.10 Å². The van der Waals surface area contributed by atoms with E-state index in [4.69, 9.17) is 15.0 Å². The van der Waals surface area contributed by atoms with Crippen molar-refractivity contribution >= 4 is 0 Å². The zero-order chi connectivity index (χ0) is 13.0. The third kappa shape index (κ3) is 3.11. The van der Waals surface area contributed by atoms with Gasteiger partial charge in [-0.3, -0.25) is 0 Å². The Morgan fingerprint density at radius 2 is 2.00 bits per heavy atom. The maximum Gasteiger partial charge on any atom is 0.138 e.